The highest BCUT2D eigenvalue weighted by Gasteiger charge is 2.17. The van der Waals surface area contributed by atoms with Gasteiger partial charge in [-0.3, -0.25) is 9.59 Å². The number of hydrogen-bond acceptors (Lipinski definition) is 6. The van der Waals surface area contributed by atoms with Crippen LogP contribution >= 0.6 is 11.6 Å². The Bertz CT molecular complexity index is 1230. The van der Waals surface area contributed by atoms with Gasteiger partial charge in [-0.1, -0.05) is 17.7 Å². The fourth-order valence-electron chi connectivity index (χ4n) is 3.53. The number of ether oxygens (including phenoxy) is 4. The number of carbonyl (C=O) groups is 2. The van der Waals surface area contributed by atoms with Crippen molar-refractivity contribution in [3.8, 4) is 23.0 Å². The van der Waals surface area contributed by atoms with E-state index in [4.69, 9.17) is 30.5 Å². The maximum Gasteiger partial charge on any atom is 0.253 e. The van der Waals surface area contributed by atoms with Crippen molar-refractivity contribution in [1.29, 1.82) is 0 Å². The van der Waals surface area contributed by atoms with Gasteiger partial charge in [0, 0.05) is 17.1 Å². The molecule has 1 aliphatic rings. The topological polar surface area (TPSA) is 95.1 Å². The van der Waals surface area contributed by atoms with E-state index >= 15 is 0 Å². The second kappa shape index (κ2) is 10.4. The Morgan fingerprint density at radius 2 is 1.79 bits per heavy atom. The van der Waals surface area contributed by atoms with E-state index in [1.807, 2.05) is 12.1 Å². The lowest BCUT2D eigenvalue weighted by Gasteiger charge is -2.14. The van der Waals surface area contributed by atoms with Crippen LogP contribution in [0.2, 0.25) is 5.02 Å². The SMILES string of the molecule is COc1ccc(OC)c(CC(=O)Nc2ccc(Cl)cc2C(=O)NCc2ccc3c(c2)OCO3)c1. The molecule has 1 aliphatic heterocycles. The molecule has 0 unspecified atom stereocenters. The Balaban J connectivity index is 1.46. The summed E-state index contributed by atoms with van der Waals surface area (Å²) in [5.41, 5.74) is 2.09. The Hall–Kier alpha value is -3.91. The summed E-state index contributed by atoms with van der Waals surface area (Å²) in [5.74, 6) is 1.78. The average Bonchev–Trinajstić information content (AvgIpc) is 3.31. The van der Waals surface area contributed by atoms with Crippen LogP contribution in [0.4, 0.5) is 5.69 Å². The van der Waals surface area contributed by atoms with Gasteiger partial charge in [-0.15, -0.1) is 0 Å². The molecule has 0 saturated heterocycles. The summed E-state index contributed by atoms with van der Waals surface area (Å²) < 4.78 is 21.3. The monoisotopic (exact) mass is 482 g/mol. The number of benzene rings is 3. The lowest BCUT2D eigenvalue weighted by Crippen LogP contribution is -2.25. The molecule has 4 rings (SSSR count). The van der Waals surface area contributed by atoms with Crippen LogP contribution < -0.4 is 29.6 Å². The lowest BCUT2D eigenvalue weighted by atomic mass is 10.1. The average molecular weight is 483 g/mol. The first-order chi connectivity index (χ1) is 16.5. The number of anilines is 1. The smallest absolute Gasteiger partial charge is 0.253 e. The van der Waals surface area contributed by atoms with Crippen molar-refractivity contribution in [2.24, 2.45) is 0 Å². The molecular weight excluding hydrogens is 460 g/mol. The molecule has 2 N–H and O–H groups in total. The van der Waals surface area contributed by atoms with E-state index in [1.54, 1.807) is 43.5 Å². The molecule has 0 radical (unpaired) electrons. The first-order valence-corrected chi connectivity index (χ1v) is 10.8. The van der Waals surface area contributed by atoms with Gasteiger partial charge in [-0.25, -0.2) is 0 Å². The molecule has 0 aromatic heterocycles. The largest absolute Gasteiger partial charge is 0.497 e. The molecule has 0 saturated carbocycles. The zero-order valence-corrected chi connectivity index (χ0v) is 19.4. The van der Waals surface area contributed by atoms with E-state index in [0.29, 0.717) is 39.3 Å². The first-order valence-electron chi connectivity index (χ1n) is 10.4. The number of methoxy groups -OCH3 is 2. The highest BCUT2D eigenvalue weighted by molar-refractivity contribution is 6.31. The molecule has 34 heavy (non-hydrogen) atoms. The summed E-state index contributed by atoms with van der Waals surface area (Å²) in [7, 11) is 3.08. The number of nitrogens with one attached hydrogen (secondary N) is 2. The van der Waals surface area contributed by atoms with E-state index in [2.05, 4.69) is 10.6 Å². The van der Waals surface area contributed by atoms with Crippen molar-refractivity contribution in [1.82, 2.24) is 5.32 Å². The van der Waals surface area contributed by atoms with Crippen LogP contribution in [0.1, 0.15) is 21.5 Å². The highest BCUT2D eigenvalue weighted by atomic mass is 35.5. The predicted octanol–water partition coefficient (Wildman–Crippen LogP) is 4.20. The van der Waals surface area contributed by atoms with Crippen LogP contribution in [-0.4, -0.2) is 32.8 Å². The molecule has 0 fully saturated rings. The van der Waals surface area contributed by atoms with Gasteiger partial charge in [-0.05, 0) is 54.1 Å². The summed E-state index contributed by atoms with van der Waals surface area (Å²) in [6.45, 7) is 0.439. The standard InChI is InChI=1S/C25H23ClN2O6/c1-31-18-5-8-21(32-2)16(10-18)11-24(29)28-20-6-4-17(26)12-19(20)25(30)27-13-15-3-7-22-23(9-15)34-14-33-22/h3-10,12H,11,13-14H2,1-2H3,(H,27,30)(H,28,29). The van der Waals surface area contributed by atoms with Crippen molar-refractivity contribution in [3.63, 3.8) is 0 Å². The Labute approximate surface area is 201 Å². The molecule has 3 aromatic rings. The highest BCUT2D eigenvalue weighted by Crippen LogP contribution is 2.32. The van der Waals surface area contributed by atoms with Crippen LogP contribution in [0.3, 0.4) is 0 Å². The normalized spacial score (nSPS) is 11.6. The number of carbonyl (C=O) groups excluding carboxylic acids is 2. The first kappa shape index (κ1) is 23.3. The summed E-state index contributed by atoms with van der Waals surface area (Å²) in [4.78, 5) is 25.7. The van der Waals surface area contributed by atoms with E-state index in [-0.39, 0.29) is 37.1 Å². The van der Waals surface area contributed by atoms with Gasteiger partial charge in [0.05, 0.1) is 31.9 Å². The third kappa shape index (κ3) is 5.35. The zero-order chi connectivity index (χ0) is 24.1. The van der Waals surface area contributed by atoms with Gasteiger partial charge >= 0.3 is 0 Å². The minimum atomic E-state index is -0.380. The van der Waals surface area contributed by atoms with Crippen LogP contribution in [0, 0.1) is 0 Å². The molecule has 0 aliphatic carbocycles. The third-order valence-electron chi connectivity index (χ3n) is 5.23. The second-order valence-electron chi connectivity index (χ2n) is 7.46. The van der Waals surface area contributed by atoms with Crippen LogP contribution in [0.5, 0.6) is 23.0 Å². The quantitative estimate of drug-likeness (QED) is 0.499. The van der Waals surface area contributed by atoms with Gasteiger partial charge in [0.25, 0.3) is 5.91 Å². The van der Waals surface area contributed by atoms with E-state index < -0.39 is 0 Å². The van der Waals surface area contributed by atoms with Gasteiger partial charge in [0.15, 0.2) is 11.5 Å². The summed E-state index contributed by atoms with van der Waals surface area (Å²) in [6.07, 6.45) is 0.0290. The van der Waals surface area contributed by atoms with Crippen molar-refractivity contribution < 1.29 is 28.5 Å². The fourth-order valence-corrected chi connectivity index (χ4v) is 3.70. The van der Waals surface area contributed by atoms with E-state index in [1.165, 1.54) is 13.2 Å². The van der Waals surface area contributed by atoms with E-state index in [9.17, 15) is 9.59 Å². The lowest BCUT2D eigenvalue weighted by molar-refractivity contribution is -0.115. The zero-order valence-electron chi connectivity index (χ0n) is 18.6. The maximum absolute atomic E-state index is 12.9. The van der Waals surface area contributed by atoms with Crippen molar-refractivity contribution in [2.45, 2.75) is 13.0 Å². The number of amides is 2. The third-order valence-corrected chi connectivity index (χ3v) is 5.46. The fraction of sp³-hybridized carbons (Fsp3) is 0.200. The predicted molar refractivity (Wildman–Crippen MR) is 127 cm³/mol. The van der Waals surface area contributed by atoms with Crippen LogP contribution in [0.25, 0.3) is 0 Å². The van der Waals surface area contributed by atoms with Gasteiger partial charge in [0.1, 0.15) is 11.5 Å². The molecule has 0 atom stereocenters. The van der Waals surface area contributed by atoms with Gasteiger partial charge < -0.3 is 29.6 Å². The van der Waals surface area contributed by atoms with Crippen molar-refractivity contribution >= 4 is 29.1 Å². The number of hydrogen-bond donors (Lipinski definition) is 2. The van der Waals surface area contributed by atoms with Crippen LogP contribution in [-0.2, 0) is 17.8 Å². The second-order valence-corrected chi connectivity index (χ2v) is 7.90. The Morgan fingerprint density at radius 1 is 0.971 bits per heavy atom. The maximum atomic E-state index is 12.9. The van der Waals surface area contributed by atoms with Gasteiger partial charge in [-0.2, -0.15) is 0 Å². The molecule has 0 spiro atoms. The van der Waals surface area contributed by atoms with Crippen molar-refractivity contribution in [3.05, 3.63) is 76.3 Å². The molecule has 2 amide bonds. The number of halogens is 1. The molecule has 8 nitrogen and oxygen atoms in total. The molecule has 0 bridgehead atoms. The molecule has 176 valence electrons. The minimum Gasteiger partial charge on any atom is -0.497 e. The van der Waals surface area contributed by atoms with E-state index in [0.717, 1.165) is 5.56 Å². The molecule has 9 heteroatoms. The summed E-state index contributed by atoms with van der Waals surface area (Å²) in [6, 6.07) is 15.4. The molecular formula is C25H23ClN2O6. The molecule has 3 aromatic carbocycles. The number of rotatable bonds is 8. The summed E-state index contributed by atoms with van der Waals surface area (Å²) in [5, 5.41) is 6.02. The van der Waals surface area contributed by atoms with Gasteiger partial charge in [0.2, 0.25) is 12.7 Å². The van der Waals surface area contributed by atoms with Crippen molar-refractivity contribution in [2.75, 3.05) is 26.3 Å². The Kier molecular flexibility index (Phi) is 7.08. The van der Waals surface area contributed by atoms with Crippen LogP contribution in [0.15, 0.2) is 54.6 Å². The summed E-state index contributed by atoms with van der Waals surface area (Å²) >= 11 is 6.13. The number of fused-ring (bicyclic) bond motifs is 1. The minimum absolute atomic E-state index is 0.0290. The molecule has 1 heterocycles. The Morgan fingerprint density at radius 3 is 2.59 bits per heavy atom.